The van der Waals surface area contributed by atoms with E-state index in [2.05, 4.69) is 19.9 Å². The maximum Gasteiger partial charge on any atom is 0.201 e. The molecule has 0 saturated carbocycles. The van der Waals surface area contributed by atoms with Crippen LogP contribution >= 0.6 is 0 Å². The highest BCUT2D eigenvalue weighted by Crippen LogP contribution is 2.53. The molecular formula is C22H26O6. The van der Waals surface area contributed by atoms with Crippen molar-refractivity contribution in [3.8, 4) is 34.5 Å². The van der Waals surface area contributed by atoms with Gasteiger partial charge in [-0.3, -0.25) is 0 Å². The van der Waals surface area contributed by atoms with Crippen molar-refractivity contribution in [1.82, 2.24) is 0 Å². The highest BCUT2D eigenvalue weighted by atomic mass is 16.5. The number of phenolic OH excluding ortho intramolecular Hbond substituents is 2. The van der Waals surface area contributed by atoms with Gasteiger partial charge in [-0.25, -0.2) is 0 Å². The SMILES string of the molecule is COc1cc(C2c3c(cc(OC)c(O)c3OC)C=C(C)C2C)cc(OC)c1O. The molecule has 3 rings (SSSR count). The molecule has 2 aromatic carbocycles. The lowest BCUT2D eigenvalue weighted by atomic mass is 9.72. The van der Waals surface area contributed by atoms with Crippen molar-refractivity contribution in [3.63, 3.8) is 0 Å². The fraction of sp³-hybridized carbons (Fsp3) is 0.364. The van der Waals surface area contributed by atoms with E-state index in [-0.39, 0.29) is 23.3 Å². The summed E-state index contributed by atoms with van der Waals surface area (Å²) in [5.41, 5.74) is 3.83. The molecular weight excluding hydrogens is 360 g/mol. The number of aromatic hydroxyl groups is 2. The van der Waals surface area contributed by atoms with Gasteiger partial charge < -0.3 is 29.2 Å². The Morgan fingerprint density at radius 3 is 1.82 bits per heavy atom. The largest absolute Gasteiger partial charge is 0.502 e. The number of phenols is 2. The maximum absolute atomic E-state index is 10.6. The van der Waals surface area contributed by atoms with Crippen molar-refractivity contribution in [1.29, 1.82) is 0 Å². The van der Waals surface area contributed by atoms with Gasteiger partial charge in [0.2, 0.25) is 11.5 Å². The summed E-state index contributed by atoms with van der Waals surface area (Å²) in [5.74, 6) is 1.28. The minimum atomic E-state index is -0.143. The van der Waals surface area contributed by atoms with E-state index >= 15 is 0 Å². The molecule has 0 aromatic heterocycles. The third-order valence-corrected chi connectivity index (χ3v) is 5.49. The number of benzene rings is 2. The number of allylic oxidation sites excluding steroid dienone is 1. The van der Waals surface area contributed by atoms with Gasteiger partial charge in [0.25, 0.3) is 0 Å². The van der Waals surface area contributed by atoms with Crippen molar-refractivity contribution < 1.29 is 29.2 Å². The monoisotopic (exact) mass is 386 g/mol. The first-order chi connectivity index (χ1) is 13.4. The molecule has 0 heterocycles. The van der Waals surface area contributed by atoms with Gasteiger partial charge in [0, 0.05) is 11.5 Å². The van der Waals surface area contributed by atoms with Crippen molar-refractivity contribution in [2.24, 2.45) is 5.92 Å². The van der Waals surface area contributed by atoms with Crippen LogP contribution < -0.4 is 18.9 Å². The molecule has 2 unspecified atom stereocenters. The Kier molecular flexibility index (Phi) is 5.31. The molecule has 0 bridgehead atoms. The lowest BCUT2D eigenvalue weighted by Crippen LogP contribution is -2.19. The number of hydrogen-bond acceptors (Lipinski definition) is 6. The fourth-order valence-electron chi connectivity index (χ4n) is 3.90. The molecule has 1 aliphatic carbocycles. The first-order valence-corrected chi connectivity index (χ1v) is 8.98. The van der Waals surface area contributed by atoms with Crippen LogP contribution in [0.5, 0.6) is 34.5 Å². The van der Waals surface area contributed by atoms with Crippen LogP contribution in [0.25, 0.3) is 6.08 Å². The summed E-state index contributed by atoms with van der Waals surface area (Å²) in [6, 6.07) is 5.40. The predicted octanol–water partition coefficient (Wildman–Crippen LogP) is 4.32. The van der Waals surface area contributed by atoms with Gasteiger partial charge >= 0.3 is 0 Å². The van der Waals surface area contributed by atoms with Gasteiger partial charge in [0.05, 0.1) is 28.4 Å². The minimum absolute atomic E-state index is 0.0355. The van der Waals surface area contributed by atoms with Crippen molar-refractivity contribution in [2.45, 2.75) is 19.8 Å². The van der Waals surface area contributed by atoms with Gasteiger partial charge in [-0.1, -0.05) is 18.6 Å². The van der Waals surface area contributed by atoms with E-state index < -0.39 is 0 Å². The summed E-state index contributed by atoms with van der Waals surface area (Å²) in [6.07, 6.45) is 2.08. The molecule has 0 radical (unpaired) electrons. The third kappa shape index (κ3) is 2.99. The first-order valence-electron chi connectivity index (χ1n) is 8.98. The normalized spacial score (nSPS) is 18.1. The summed E-state index contributed by atoms with van der Waals surface area (Å²) in [4.78, 5) is 0. The van der Waals surface area contributed by atoms with Crippen LogP contribution in [0, 0.1) is 5.92 Å². The van der Waals surface area contributed by atoms with Crippen LogP contribution in [0.2, 0.25) is 0 Å². The van der Waals surface area contributed by atoms with Gasteiger partial charge in [-0.2, -0.15) is 0 Å². The first kappa shape index (κ1) is 19.7. The van der Waals surface area contributed by atoms with Gasteiger partial charge in [0.1, 0.15) is 0 Å². The summed E-state index contributed by atoms with van der Waals surface area (Å²) in [6.45, 7) is 4.19. The van der Waals surface area contributed by atoms with E-state index in [0.717, 1.165) is 16.7 Å². The van der Waals surface area contributed by atoms with Crippen LogP contribution in [0.4, 0.5) is 0 Å². The Morgan fingerprint density at radius 1 is 0.786 bits per heavy atom. The van der Waals surface area contributed by atoms with Crippen LogP contribution in [-0.4, -0.2) is 38.7 Å². The smallest absolute Gasteiger partial charge is 0.201 e. The molecule has 2 aromatic rings. The molecule has 150 valence electrons. The molecule has 2 atom stereocenters. The Hall–Kier alpha value is -3.02. The fourth-order valence-corrected chi connectivity index (χ4v) is 3.90. The molecule has 2 N–H and O–H groups in total. The Bertz CT molecular complexity index is 906. The highest BCUT2D eigenvalue weighted by molar-refractivity contribution is 5.73. The average molecular weight is 386 g/mol. The Labute approximate surface area is 164 Å². The second-order valence-electron chi connectivity index (χ2n) is 6.89. The lowest BCUT2D eigenvalue weighted by molar-refractivity contribution is 0.332. The van der Waals surface area contributed by atoms with Crippen molar-refractivity contribution in [3.05, 3.63) is 40.5 Å². The summed E-state index contributed by atoms with van der Waals surface area (Å²) >= 11 is 0. The van der Waals surface area contributed by atoms with Crippen molar-refractivity contribution in [2.75, 3.05) is 28.4 Å². The lowest BCUT2D eigenvalue weighted by Gasteiger charge is -2.33. The number of rotatable bonds is 5. The molecule has 0 saturated heterocycles. The van der Waals surface area contributed by atoms with Gasteiger partial charge in [-0.05, 0) is 42.2 Å². The Morgan fingerprint density at radius 2 is 1.32 bits per heavy atom. The minimum Gasteiger partial charge on any atom is -0.502 e. The predicted molar refractivity (Wildman–Crippen MR) is 107 cm³/mol. The molecule has 0 amide bonds. The number of ether oxygens (including phenoxy) is 4. The molecule has 0 fully saturated rings. The van der Waals surface area contributed by atoms with Gasteiger partial charge in [0.15, 0.2) is 23.0 Å². The third-order valence-electron chi connectivity index (χ3n) is 5.49. The number of methoxy groups -OCH3 is 4. The summed E-state index contributed by atoms with van der Waals surface area (Å²) in [5, 5.41) is 20.9. The summed E-state index contributed by atoms with van der Waals surface area (Å²) in [7, 11) is 6.04. The maximum atomic E-state index is 10.6. The zero-order valence-corrected chi connectivity index (χ0v) is 17.0. The van der Waals surface area contributed by atoms with E-state index in [4.69, 9.17) is 18.9 Å². The van der Waals surface area contributed by atoms with Gasteiger partial charge in [-0.15, -0.1) is 0 Å². The van der Waals surface area contributed by atoms with Crippen molar-refractivity contribution >= 4 is 6.08 Å². The topological polar surface area (TPSA) is 77.4 Å². The molecule has 28 heavy (non-hydrogen) atoms. The van der Waals surface area contributed by atoms with E-state index in [9.17, 15) is 10.2 Å². The molecule has 1 aliphatic rings. The standard InChI is InChI=1S/C22H26O6/c1-11-7-13-8-17(27-5)21(24)22(28-6)19(13)18(12(11)2)14-9-15(25-3)20(23)16(10-14)26-4/h7-10,12,18,23-24H,1-6H3. The number of fused-ring (bicyclic) bond motifs is 1. The quantitative estimate of drug-likeness (QED) is 0.797. The number of hydrogen-bond donors (Lipinski definition) is 2. The molecule has 6 nitrogen and oxygen atoms in total. The van der Waals surface area contributed by atoms with Crippen LogP contribution in [0.15, 0.2) is 23.8 Å². The van der Waals surface area contributed by atoms with Crippen LogP contribution in [0.3, 0.4) is 0 Å². The zero-order valence-electron chi connectivity index (χ0n) is 17.0. The second kappa shape index (κ2) is 7.54. The molecule has 0 aliphatic heterocycles. The van der Waals surface area contributed by atoms with Crippen LogP contribution in [0.1, 0.15) is 36.5 Å². The van der Waals surface area contributed by atoms with Crippen LogP contribution in [-0.2, 0) is 0 Å². The van der Waals surface area contributed by atoms with E-state index in [1.54, 1.807) is 12.1 Å². The molecule has 6 heteroatoms. The average Bonchev–Trinajstić information content (AvgIpc) is 2.69. The molecule has 0 spiro atoms. The Balaban J connectivity index is 2.33. The second-order valence-corrected chi connectivity index (χ2v) is 6.89. The van der Waals surface area contributed by atoms with E-state index in [1.165, 1.54) is 34.0 Å². The summed E-state index contributed by atoms with van der Waals surface area (Å²) < 4.78 is 21.6. The zero-order chi connectivity index (χ0) is 20.6. The van der Waals surface area contributed by atoms with E-state index in [0.29, 0.717) is 23.0 Å². The van der Waals surface area contributed by atoms with E-state index in [1.807, 2.05) is 6.07 Å². The highest BCUT2D eigenvalue weighted by Gasteiger charge is 2.34.